The number of thiophene rings is 1. The molecule has 2 aromatic rings. The predicted octanol–water partition coefficient (Wildman–Crippen LogP) is 3.02. The number of aromatic nitrogens is 2. The van der Waals surface area contributed by atoms with Gasteiger partial charge in [-0.05, 0) is 13.0 Å². The van der Waals surface area contributed by atoms with Gasteiger partial charge in [-0.25, -0.2) is 4.98 Å². The van der Waals surface area contributed by atoms with Crippen molar-refractivity contribution in [1.82, 2.24) is 9.97 Å². The van der Waals surface area contributed by atoms with Crippen LogP contribution in [0.4, 0.5) is 24.9 Å². The molecule has 2 aromatic heterocycles. The summed E-state index contributed by atoms with van der Waals surface area (Å²) in [6.45, 7) is 0.760. The Morgan fingerprint density at radius 2 is 2.06 bits per heavy atom. The summed E-state index contributed by atoms with van der Waals surface area (Å²) < 4.78 is 36.6. The molecule has 0 unspecified atom stereocenters. The molecule has 0 atom stereocenters. The highest BCUT2D eigenvalue weighted by atomic mass is 32.1. The van der Waals surface area contributed by atoms with Gasteiger partial charge in [0.05, 0.1) is 5.39 Å². The highest BCUT2D eigenvalue weighted by molar-refractivity contribution is 7.18. The third-order valence-corrected chi connectivity index (χ3v) is 3.14. The number of hydrogen-bond acceptors (Lipinski definition) is 5. The lowest BCUT2D eigenvalue weighted by molar-refractivity contribution is -0.115. The van der Waals surface area contributed by atoms with Gasteiger partial charge in [0.2, 0.25) is 5.95 Å². The number of hydrogen-bond donors (Lipinski definition) is 2. The zero-order valence-corrected chi connectivity index (χ0v) is 10.5. The second-order valence-corrected chi connectivity index (χ2v) is 4.93. The molecule has 18 heavy (non-hydrogen) atoms. The van der Waals surface area contributed by atoms with Crippen molar-refractivity contribution >= 4 is 33.3 Å². The molecule has 8 heteroatoms. The van der Waals surface area contributed by atoms with Crippen LogP contribution in [0.2, 0.25) is 0 Å². The molecule has 0 amide bonds. The molecule has 0 aliphatic heterocycles. The Balaban J connectivity index is 2.40. The molecule has 2 rings (SSSR count). The van der Waals surface area contributed by atoms with Gasteiger partial charge in [0.25, 0.3) is 0 Å². The minimum Gasteiger partial charge on any atom is -0.360 e. The number of anilines is 2. The molecule has 0 bridgehead atoms. The molecular weight excluding hydrogens is 265 g/mol. The summed E-state index contributed by atoms with van der Waals surface area (Å²) in [7, 11) is 1.62. The molecule has 0 aromatic carbocycles. The maximum atomic E-state index is 12.2. The summed E-state index contributed by atoms with van der Waals surface area (Å²) in [6, 6.07) is 1.78. The van der Waals surface area contributed by atoms with Crippen LogP contribution in [0.3, 0.4) is 0 Å². The summed E-state index contributed by atoms with van der Waals surface area (Å²) in [5.74, 6) is 0.500. The maximum Gasteiger partial charge on any atom is 0.405 e. The number of fused-ring (bicyclic) bond motifs is 1. The molecular formula is C10H11F3N4S. The Morgan fingerprint density at radius 3 is 2.67 bits per heavy atom. The number of nitrogens with one attached hydrogen (secondary N) is 2. The molecule has 98 valence electrons. The fourth-order valence-corrected chi connectivity index (χ4v) is 2.35. The summed E-state index contributed by atoms with van der Waals surface area (Å²) in [4.78, 5) is 9.84. The van der Waals surface area contributed by atoms with Crippen molar-refractivity contribution in [1.29, 1.82) is 0 Å². The number of halogens is 3. The smallest absolute Gasteiger partial charge is 0.360 e. The van der Waals surface area contributed by atoms with Crippen LogP contribution >= 0.6 is 11.3 Å². The fraction of sp³-hybridized carbons (Fsp3) is 0.400. The zero-order chi connectivity index (χ0) is 13.3. The number of nitrogens with zero attached hydrogens (tertiary/aromatic N) is 2. The van der Waals surface area contributed by atoms with E-state index in [0.29, 0.717) is 16.2 Å². The average Bonchev–Trinajstić information content (AvgIpc) is 2.64. The monoisotopic (exact) mass is 276 g/mol. The molecule has 0 fully saturated rings. The third-order valence-electron chi connectivity index (χ3n) is 2.20. The number of alkyl halides is 3. The Morgan fingerprint density at radius 1 is 1.33 bits per heavy atom. The molecule has 0 radical (unpaired) electrons. The minimum absolute atomic E-state index is 0.200. The van der Waals surface area contributed by atoms with Gasteiger partial charge in [-0.3, -0.25) is 0 Å². The van der Waals surface area contributed by atoms with Crippen LogP contribution in [0.1, 0.15) is 4.88 Å². The van der Waals surface area contributed by atoms with E-state index in [4.69, 9.17) is 0 Å². The second-order valence-electron chi connectivity index (χ2n) is 3.69. The molecule has 0 saturated carbocycles. The summed E-state index contributed by atoms with van der Waals surface area (Å²) in [5, 5.41) is 5.65. The molecule has 0 aliphatic rings. The Labute approximate surface area is 105 Å². The molecule has 2 N–H and O–H groups in total. The van der Waals surface area contributed by atoms with E-state index >= 15 is 0 Å². The van der Waals surface area contributed by atoms with Crippen molar-refractivity contribution in [2.45, 2.75) is 13.1 Å². The first-order valence-electron chi connectivity index (χ1n) is 5.15. The lowest BCUT2D eigenvalue weighted by Crippen LogP contribution is -2.22. The highest BCUT2D eigenvalue weighted by Crippen LogP contribution is 2.30. The van der Waals surface area contributed by atoms with E-state index in [2.05, 4.69) is 20.6 Å². The van der Waals surface area contributed by atoms with Gasteiger partial charge in [0.1, 0.15) is 17.2 Å². The minimum atomic E-state index is -4.28. The van der Waals surface area contributed by atoms with Crippen molar-refractivity contribution in [3.63, 3.8) is 0 Å². The van der Waals surface area contributed by atoms with E-state index in [0.717, 1.165) is 4.88 Å². The number of rotatable bonds is 3. The highest BCUT2D eigenvalue weighted by Gasteiger charge is 2.27. The van der Waals surface area contributed by atoms with E-state index in [1.165, 1.54) is 11.3 Å². The second kappa shape index (κ2) is 4.60. The molecule has 4 nitrogen and oxygen atoms in total. The van der Waals surface area contributed by atoms with E-state index in [1.54, 1.807) is 13.1 Å². The van der Waals surface area contributed by atoms with Gasteiger partial charge in [-0.1, -0.05) is 0 Å². The van der Waals surface area contributed by atoms with Gasteiger partial charge < -0.3 is 10.6 Å². The van der Waals surface area contributed by atoms with Crippen LogP contribution in [0, 0.1) is 6.92 Å². The SMILES string of the molecule is CNc1nc(NCC(F)(F)F)c2cc(C)sc2n1. The molecule has 2 heterocycles. The topological polar surface area (TPSA) is 49.8 Å². The van der Waals surface area contributed by atoms with Gasteiger partial charge in [0, 0.05) is 11.9 Å². The number of aryl methyl sites for hydroxylation is 1. The quantitative estimate of drug-likeness (QED) is 0.904. The zero-order valence-electron chi connectivity index (χ0n) is 9.72. The molecule has 0 saturated heterocycles. The summed E-state index contributed by atoms with van der Waals surface area (Å²) in [5.41, 5.74) is 0. The van der Waals surface area contributed by atoms with Crippen LogP contribution in [0.25, 0.3) is 10.2 Å². The predicted molar refractivity (Wildman–Crippen MR) is 66.2 cm³/mol. The first kappa shape index (κ1) is 12.9. The van der Waals surface area contributed by atoms with Crippen LogP contribution in [0.15, 0.2) is 6.07 Å². The van der Waals surface area contributed by atoms with E-state index in [9.17, 15) is 13.2 Å². The Hall–Kier alpha value is -1.57. The van der Waals surface area contributed by atoms with Crippen molar-refractivity contribution in [3.05, 3.63) is 10.9 Å². The van der Waals surface area contributed by atoms with Crippen molar-refractivity contribution in [2.75, 3.05) is 24.2 Å². The normalized spacial score (nSPS) is 11.8. The van der Waals surface area contributed by atoms with Gasteiger partial charge in [0.15, 0.2) is 0 Å². The van der Waals surface area contributed by atoms with Crippen LogP contribution < -0.4 is 10.6 Å². The molecule has 0 spiro atoms. The summed E-state index contributed by atoms with van der Waals surface area (Å²) in [6.07, 6.45) is -4.28. The van der Waals surface area contributed by atoms with Crippen LogP contribution in [-0.2, 0) is 0 Å². The average molecular weight is 276 g/mol. The lowest BCUT2D eigenvalue weighted by atomic mass is 10.3. The first-order valence-corrected chi connectivity index (χ1v) is 5.97. The van der Waals surface area contributed by atoms with Crippen molar-refractivity contribution in [2.24, 2.45) is 0 Å². The third kappa shape index (κ3) is 2.81. The van der Waals surface area contributed by atoms with E-state index in [-0.39, 0.29) is 5.82 Å². The van der Waals surface area contributed by atoms with E-state index in [1.807, 2.05) is 6.92 Å². The standard InChI is InChI=1S/C10H11F3N4S/c1-5-3-6-7(15-4-10(11,12)13)16-9(14-2)17-8(6)18-5/h3H,4H2,1-2H3,(H2,14,15,16,17). The lowest BCUT2D eigenvalue weighted by Gasteiger charge is -2.10. The van der Waals surface area contributed by atoms with Gasteiger partial charge >= 0.3 is 6.18 Å². The van der Waals surface area contributed by atoms with Crippen molar-refractivity contribution in [3.8, 4) is 0 Å². The molecule has 0 aliphatic carbocycles. The van der Waals surface area contributed by atoms with Crippen molar-refractivity contribution < 1.29 is 13.2 Å². The van der Waals surface area contributed by atoms with E-state index < -0.39 is 12.7 Å². The summed E-state index contributed by atoms with van der Waals surface area (Å²) >= 11 is 1.42. The largest absolute Gasteiger partial charge is 0.405 e. The van der Waals surface area contributed by atoms with Crippen LogP contribution in [0.5, 0.6) is 0 Å². The van der Waals surface area contributed by atoms with Gasteiger partial charge in [-0.2, -0.15) is 18.2 Å². The first-order chi connectivity index (χ1) is 8.39. The van der Waals surface area contributed by atoms with Crippen LogP contribution in [-0.4, -0.2) is 29.7 Å². The Bertz CT molecular complexity index is 564. The fourth-order valence-electron chi connectivity index (χ4n) is 1.47. The Kier molecular flexibility index (Phi) is 3.29. The maximum absolute atomic E-state index is 12.2. The van der Waals surface area contributed by atoms with Gasteiger partial charge in [-0.15, -0.1) is 11.3 Å².